The van der Waals surface area contributed by atoms with Crippen molar-refractivity contribution in [2.75, 3.05) is 85.3 Å². The fourth-order valence-corrected chi connectivity index (χ4v) is 3.41. The smallest absolute Gasteiger partial charge is 0.320 e. The normalized spacial score (nSPS) is 11.7. The van der Waals surface area contributed by atoms with Crippen molar-refractivity contribution in [2.45, 2.75) is 55.4 Å². The molecule has 0 saturated heterocycles. The van der Waals surface area contributed by atoms with Gasteiger partial charge in [0.1, 0.15) is 0 Å². The molecular weight excluding hydrogens is 562 g/mol. The second-order valence-electron chi connectivity index (χ2n) is 12.4. The molecule has 0 atom stereocenters. The number of carbonyl (C=O) groups excluding carboxylic acids is 4. The van der Waals surface area contributed by atoms with Crippen LogP contribution in [0.25, 0.3) is 0 Å². The first-order chi connectivity index (χ1) is 20.1. The van der Waals surface area contributed by atoms with Crippen molar-refractivity contribution in [2.24, 2.45) is 23.7 Å². The first-order valence-electron chi connectivity index (χ1n) is 15.1. The Morgan fingerprint density at radius 1 is 0.442 bits per heavy atom. The number of nitrogens with zero attached hydrogens (tertiary/aromatic N) is 3. The second-order valence-corrected chi connectivity index (χ2v) is 12.4. The summed E-state index contributed by atoms with van der Waals surface area (Å²) in [6.45, 7) is 16.0. The van der Waals surface area contributed by atoms with E-state index in [1.165, 1.54) is 0 Å². The first kappa shape index (κ1) is 40.2. The molecular formula is C30H55N3O10. The minimum absolute atomic E-state index is 0.146. The summed E-state index contributed by atoms with van der Waals surface area (Å²) in [6.07, 6.45) is 0. The lowest BCUT2D eigenvalue weighted by Crippen LogP contribution is -2.46. The van der Waals surface area contributed by atoms with Crippen LogP contribution in [0.5, 0.6) is 0 Å². The van der Waals surface area contributed by atoms with E-state index in [0.717, 1.165) is 0 Å². The molecule has 0 saturated carbocycles. The predicted molar refractivity (Wildman–Crippen MR) is 160 cm³/mol. The Morgan fingerprint density at radius 2 is 0.674 bits per heavy atom. The minimum atomic E-state index is -1.07. The summed E-state index contributed by atoms with van der Waals surface area (Å²) >= 11 is 0. The molecule has 13 heteroatoms. The van der Waals surface area contributed by atoms with Crippen LogP contribution in [0.3, 0.4) is 0 Å². The molecule has 0 aromatic heterocycles. The number of carboxylic acid groups (broad SMARTS) is 1. The maximum Gasteiger partial charge on any atom is 0.320 e. The fraction of sp³-hybridized carbons (Fsp3) is 0.833. The molecule has 0 aromatic rings. The van der Waals surface area contributed by atoms with Crippen LogP contribution >= 0.6 is 0 Å². The van der Waals surface area contributed by atoms with E-state index in [1.54, 1.807) is 14.7 Å². The predicted octanol–water partition coefficient (Wildman–Crippen LogP) is 1.77. The molecule has 43 heavy (non-hydrogen) atoms. The van der Waals surface area contributed by atoms with Gasteiger partial charge in [-0.1, -0.05) is 55.4 Å². The standard InChI is InChI=1S/C30H55N3O10/c1-22(2)18-40-27(36)14-32(15-28(37)41-19-23(3)4)11-9-31(13-26(34)35)10-12-33(16-29(38)42-20-24(5)6)17-30(39)43-21-25(7)8/h22-25H,9-21H2,1-8H3,(H,34,35). The van der Waals surface area contributed by atoms with Gasteiger partial charge in [0.25, 0.3) is 0 Å². The number of hydrogen-bond acceptors (Lipinski definition) is 12. The number of ether oxygens (including phenoxy) is 4. The van der Waals surface area contributed by atoms with E-state index in [1.807, 2.05) is 55.4 Å². The van der Waals surface area contributed by atoms with Gasteiger partial charge < -0.3 is 24.1 Å². The quantitative estimate of drug-likeness (QED) is 0.124. The summed E-state index contributed by atoms with van der Waals surface area (Å²) in [5.41, 5.74) is 0. The van der Waals surface area contributed by atoms with Crippen molar-refractivity contribution in [3.8, 4) is 0 Å². The van der Waals surface area contributed by atoms with Gasteiger partial charge in [-0.15, -0.1) is 0 Å². The van der Waals surface area contributed by atoms with E-state index in [2.05, 4.69) is 0 Å². The minimum Gasteiger partial charge on any atom is -0.480 e. The largest absolute Gasteiger partial charge is 0.480 e. The van der Waals surface area contributed by atoms with Crippen LogP contribution in [0.15, 0.2) is 0 Å². The summed E-state index contributed by atoms with van der Waals surface area (Å²) in [5.74, 6) is -2.48. The van der Waals surface area contributed by atoms with Gasteiger partial charge >= 0.3 is 29.8 Å². The highest BCUT2D eigenvalue weighted by molar-refractivity contribution is 5.75. The third kappa shape index (κ3) is 24.4. The molecule has 0 aliphatic rings. The summed E-state index contributed by atoms with van der Waals surface area (Å²) in [7, 11) is 0. The number of hydrogen-bond donors (Lipinski definition) is 1. The van der Waals surface area contributed by atoms with Gasteiger partial charge in [0, 0.05) is 26.2 Å². The van der Waals surface area contributed by atoms with Crippen LogP contribution < -0.4 is 0 Å². The van der Waals surface area contributed by atoms with E-state index in [4.69, 9.17) is 18.9 Å². The highest BCUT2D eigenvalue weighted by atomic mass is 16.5. The van der Waals surface area contributed by atoms with Crippen molar-refractivity contribution in [1.82, 2.24) is 14.7 Å². The lowest BCUT2D eigenvalue weighted by molar-refractivity contribution is -0.151. The second kappa shape index (κ2) is 22.7. The Kier molecular flexibility index (Phi) is 21.3. The Balaban J connectivity index is 5.49. The molecule has 0 spiro atoms. The maximum absolute atomic E-state index is 12.4. The molecule has 0 aliphatic heterocycles. The molecule has 0 unspecified atom stereocenters. The zero-order chi connectivity index (χ0) is 32.9. The van der Waals surface area contributed by atoms with Crippen LogP contribution in [0, 0.1) is 23.7 Å². The van der Waals surface area contributed by atoms with Crippen LogP contribution in [0.1, 0.15) is 55.4 Å². The van der Waals surface area contributed by atoms with Gasteiger partial charge in [-0.3, -0.25) is 38.7 Å². The summed E-state index contributed by atoms with van der Waals surface area (Å²) in [5, 5.41) is 9.52. The zero-order valence-corrected chi connectivity index (χ0v) is 27.5. The maximum atomic E-state index is 12.4. The lowest BCUT2D eigenvalue weighted by Gasteiger charge is -2.28. The molecule has 0 aromatic carbocycles. The Morgan fingerprint density at radius 3 is 0.884 bits per heavy atom. The molecule has 0 radical (unpaired) electrons. The summed E-state index contributed by atoms with van der Waals surface area (Å²) in [6, 6.07) is 0. The van der Waals surface area contributed by atoms with Gasteiger partial charge in [-0.2, -0.15) is 0 Å². The summed E-state index contributed by atoms with van der Waals surface area (Å²) < 4.78 is 21.1. The van der Waals surface area contributed by atoms with E-state index in [-0.39, 0.29) is 109 Å². The zero-order valence-electron chi connectivity index (χ0n) is 27.5. The van der Waals surface area contributed by atoms with Crippen molar-refractivity contribution in [3.63, 3.8) is 0 Å². The van der Waals surface area contributed by atoms with Gasteiger partial charge in [-0.05, 0) is 23.7 Å². The van der Waals surface area contributed by atoms with Gasteiger partial charge in [0.2, 0.25) is 0 Å². The number of carbonyl (C=O) groups is 5. The molecule has 0 heterocycles. The Hall–Kier alpha value is -2.77. The third-order valence-electron chi connectivity index (χ3n) is 5.55. The highest BCUT2D eigenvalue weighted by Gasteiger charge is 2.22. The number of esters is 4. The topological polar surface area (TPSA) is 152 Å². The van der Waals surface area contributed by atoms with E-state index in [0.29, 0.717) is 0 Å². The van der Waals surface area contributed by atoms with Gasteiger partial charge in [0.05, 0.1) is 59.2 Å². The SMILES string of the molecule is CC(C)COC(=O)CN(CCN(CCN(CC(=O)OCC(C)C)CC(=O)OCC(C)C)CC(=O)O)CC(=O)OCC(C)C. The van der Waals surface area contributed by atoms with Gasteiger partial charge in [-0.25, -0.2) is 0 Å². The van der Waals surface area contributed by atoms with Crippen LogP contribution in [0.2, 0.25) is 0 Å². The fourth-order valence-electron chi connectivity index (χ4n) is 3.41. The van der Waals surface area contributed by atoms with E-state index >= 15 is 0 Å². The van der Waals surface area contributed by atoms with Crippen LogP contribution in [-0.4, -0.2) is 135 Å². The van der Waals surface area contributed by atoms with Crippen LogP contribution in [0.4, 0.5) is 0 Å². The lowest BCUT2D eigenvalue weighted by atomic mass is 10.2. The van der Waals surface area contributed by atoms with Crippen molar-refractivity contribution in [1.29, 1.82) is 0 Å². The molecule has 0 rings (SSSR count). The van der Waals surface area contributed by atoms with Crippen LogP contribution in [-0.2, 0) is 42.9 Å². The molecule has 0 bridgehead atoms. The monoisotopic (exact) mass is 617 g/mol. The Labute approximate surface area is 257 Å². The first-order valence-corrected chi connectivity index (χ1v) is 15.1. The van der Waals surface area contributed by atoms with Crippen molar-refractivity contribution in [3.05, 3.63) is 0 Å². The average molecular weight is 618 g/mol. The van der Waals surface area contributed by atoms with E-state index in [9.17, 15) is 29.1 Å². The van der Waals surface area contributed by atoms with Crippen molar-refractivity contribution < 1.29 is 48.0 Å². The van der Waals surface area contributed by atoms with Gasteiger partial charge in [0.15, 0.2) is 0 Å². The highest BCUT2D eigenvalue weighted by Crippen LogP contribution is 2.03. The number of carboxylic acids is 1. The number of aliphatic carboxylic acids is 1. The average Bonchev–Trinajstić information content (AvgIpc) is 2.89. The summed E-state index contributed by atoms with van der Waals surface area (Å²) in [4.78, 5) is 66.1. The molecule has 1 N–H and O–H groups in total. The molecule has 0 fully saturated rings. The van der Waals surface area contributed by atoms with E-state index < -0.39 is 29.8 Å². The Bertz CT molecular complexity index is 736. The van der Waals surface area contributed by atoms with Crippen molar-refractivity contribution >= 4 is 29.8 Å². The number of rotatable bonds is 24. The molecule has 0 aliphatic carbocycles. The molecule has 250 valence electrons. The molecule has 13 nitrogen and oxygen atoms in total. The molecule has 0 amide bonds. The third-order valence-corrected chi connectivity index (χ3v) is 5.55.